The highest BCUT2D eigenvalue weighted by molar-refractivity contribution is 6.33. The molecule has 7 rings (SSSR count). The average Bonchev–Trinajstić information content (AvgIpc) is 3.54. The lowest BCUT2D eigenvalue weighted by atomic mass is 9.57. The van der Waals surface area contributed by atoms with Crippen LogP contribution in [0.1, 0.15) is 42.6 Å². The van der Waals surface area contributed by atoms with Gasteiger partial charge in [-0.2, -0.15) is 36.4 Å². The fourth-order valence-corrected chi connectivity index (χ4v) is 8.83. The number of fused-ring (bicyclic) bond motifs is 4. The molecule has 4 aliphatic rings. The van der Waals surface area contributed by atoms with E-state index in [0.717, 1.165) is 36.2 Å². The number of alkyl halides is 6. The number of benzene rings is 1. The fourth-order valence-electron chi connectivity index (χ4n) is 8.38. The molecule has 0 radical (unpaired) electrons. The smallest absolute Gasteiger partial charge is 0.433 e. The molecule has 6 atom stereocenters. The van der Waals surface area contributed by atoms with Gasteiger partial charge in [-0.3, -0.25) is 29.2 Å². The highest BCUT2D eigenvalue weighted by atomic mass is 35.5. The van der Waals surface area contributed by atoms with E-state index in [9.17, 15) is 50.6 Å². The number of phenols is 1. The number of carbonyl (C=O) groups excluding carboxylic acids is 4. The summed E-state index contributed by atoms with van der Waals surface area (Å²) in [6.07, 6.45) is -8.38. The van der Waals surface area contributed by atoms with Crippen LogP contribution >= 0.6 is 23.2 Å². The molecule has 1 N–H and O–H groups in total. The number of nitrogens with zero attached hydrogens (tertiary/aromatic N) is 6. The molecule has 296 valence electrons. The first kappa shape index (κ1) is 39.1. The van der Waals surface area contributed by atoms with Crippen molar-refractivity contribution in [3.63, 3.8) is 0 Å². The molecule has 0 spiro atoms. The second-order valence-electron chi connectivity index (χ2n) is 13.7. The number of aromatic nitrogens is 2. The Hall–Kier alpha value is -5.10. The molecule has 56 heavy (non-hydrogen) atoms. The Bertz CT molecular complexity index is 2200. The highest BCUT2D eigenvalue weighted by Crippen LogP contribution is 2.60. The molecule has 3 aromatic rings. The molecule has 0 bridgehead atoms. The van der Waals surface area contributed by atoms with Crippen LogP contribution in [0.15, 0.2) is 54.1 Å². The summed E-state index contributed by atoms with van der Waals surface area (Å²) in [5, 5.41) is 13.9. The summed E-state index contributed by atoms with van der Waals surface area (Å²) in [5.41, 5.74) is -2.08. The van der Waals surface area contributed by atoms with Gasteiger partial charge in [0.1, 0.15) is 11.4 Å². The molecule has 1 saturated carbocycles. The van der Waals surface area contributed by atoms with Gasteiger partial charge < -0.3 is 9.84 Å². The number of aromatic hydroxyl groups is 1. The minimum Gasteiger partial charge on any atom is -0.504 e. The zero-order chi connectivity index (χ0) is 40.8. The van der Waals surface area contributed by atoms with Crippen molar-refractivity contribution in [2.75, 3.05) is 30.7 Å². The van der Waals surface area contributed by atoms with E-state index in [1.54, 1.807) is 19.1 Å². The summed E-state index contributed by atoms with van der Waals surface area (Å²) in [5.74, 6) is -11.5. The number of ether oxygens (including phenoxy) is 1. The molecule has 4 heterocycles. The molecule has 12 nitrogen and oxygen atoms in total. The quantitative estimate of drug-likeness (QED) is 0.156. The number of imide groups is 2. The highest BCUT2D eigenvalue weighted by Gasteiger charge is 2.63. The van der Waals surface area contributed by atoms with Crippen molar-refractivity contribution in [2.24, 2.45) is 29.6 Å². The summed E-state index contributed by atoms with van der Waals surface area (Å²) in [6.45, 7) is 1.82. The van der Waals surface area contributed by atoms with Crippen LogP contribution in [-0.2, 0) is 31.5 Å². The number of halogens is 8. The van der Waals surface area contributed by atoms with Gasteiger partial charge in [-0.05, 0) is 56.0 Å². The monoisotopic (exact) mass is 826 g/mol. The number of hydrogen-bond acceptors (Lipinski definition) is 10. The SMILES string of the molecule is CCOc1cccc([C@H]2C3=CC[C@@H]4C(=O)N(N(C)c5nc(C(F)(F)F)ccc5Cl)C(=O)[C@@H]4[C@@H]3C[C@H]3C(=O)N(N(C)c4nc(C(F)(F)F)ccc4Cl)C(=O)[C@@H]23)c1O. The third kappa shape index (κ3) is 6.17. The van der Waals surface area contributed by atoms with Crippen LogP contribution in [0.5, 0.6) is 11.5 Å². The first-order chi connectivity index (χ1) is 26.3. The second-order valence-corrected chi connectivity index (χ2v) is 14.5. The number of rotatable bonds is 7. The topological polar surface area (TPSA) is 136 Å². The Kier molecular flexibility index (Phi) is 9.66. The van der Waals surface area contributed by atoms with Crippen molar-refractivity contribution >= 4 is 58.5 Å². The largest absolute Gasteiger partial charge is 0.504 e. The van der Waals surface area contributed by atoms with Crippen molar-refractivity contribution in [3.05, 3.63) is 81.1 Å². The number of amides is 4. The molecule has 1 aromatic carbocycles. The molecule has 2 aromatic heterocycles. The van der Waals surface area contributed by atoms with Crippen molar-refractivity contribution < 1.29 is 55.4 Å². The Balaban J connectivity index is 1.31. The number of para-hydroxylation sites is 1. The van der Waals surface area contributed by atoms with Gasteiger partial charge in [0.05, 0.1) is 40.3 Å². The molecular weight excluding hydrogens is 797 g/mol. The first-order valence-electron chi connectivity index (χ1n) is 17.1. The molecule has 3 fully saturated rings. The van der Waals surface area contributed by atoms with Crippen LogP contribution in [0.4, 0.5) is 38.0 Å². The zero-order valence-electron chi connectivity index (χ0n) is 29.4. The lowest BCUT2D eigenvalue weighted by Crippen LogP contribution is -2.46. The normalized spacial score (nSPS) is 24.9. The van der Waals surface area contributed by atoms with E-state index in [2.05, 4.69) is 9.97 Å². The van der Waals surface area contributed by atoms with E-state index in [0.29, 0.717) is 27.7 Å². The summed E-state index contributed by atoms with van der Waals surface area (Å²) in [6, 6.07) is 7.69. The van der Waals surface area contributed by atoms with Gasteiger partial charge in [0, 0.05) is 25.6 Å². The van der Waals surface area contributed by atoms with Crippen molar-refractivity contribution in [1.82, 2.24) is 20.0 Å². The number of hydrazine groups is 2. The van der Waals surface area contributed by atoms with Gasteiger partial charge in [0.2, 0.25) is 0 Å². The van der Waals surface area contributed by atoms with Crippen LogP contribution in [0, 0.1) is 29.6 Å². The number of hydrogen-bond donors (Lipinski definition) is 1. The third-order valence-corrected chi connectivity index (χ3v) is 11.3. The summed E-state index contributed by atoms with van der Waals surface area (Å²) >= 11 is 12.5. The van der Waals surface area contributed by atoms with Crippen LogP contribution in [0.2, 0.25) is 10.0 Å². The summed E-state index contributed by atoms with van der Waals surface area (Å²) < 4.78 is 87.4. The van der Waals surface area contributed by atoms with Crippen LogP contribution in [0.25, 0.3) is 0 Å². The molecule has 2 aliphatic carbocycles. The molecule has 2 aliphatic heterocycles. The van der Waals surface area contributed by atoms with Gasteiger partial charge in [0.25, 0.3) is 23.6 Å². The summed E-state index contributed by atoms with van der Waals surface area (Å²) in [7, 11) is 2.30. The van der Waals surface area contributed by atoms with E-state index in [4.69, 9.17) is 27.9 Å². The van der Waals surface area contributed by atoms with Crippen molar-refractivity contribution in [2.45, 2.75) is 38.0 Å². The lowest BCUT2D eigenvalue weighted by molar-refractivity contribution is -0.143. The van der Waals surface area contributed by atoms with Gasteiger partial charge >= 0.3 is 12.4 Å². The standard InChI is InChI=1S/C36H30Cl2F6N6O6/c1-4-56-22-7-5-6-16(28(22)51)25-15-8-9-17-26(33(54)49(31(17)52)47(2)29-20(37)10-12-23(45-29)35(39,40)41)18(15)14-19-27(25)34(55)50(32(19)53)48(3)30-21(38)11-13-24(46-30)36(42,43)44/h5-8,10-13,17-19,25-27,51H,4,9,14H2,1-3H3/t17-,18+,19+,25+,26-,27+/m0/s1. The number of allylic oxidation sites excluding steroid dienone is 2. The Morgan fingerprint density at radius 2 is 1.29 bits per heavy atom. The maximum absolute atomic E-state index is 14.5. The molecule has 20 heteroatoms. The van der Waals surface area contributed by atoms with E-state index < -0.39 is 94.5 Å². The van der Waals surface area contributed by atoms with Crippen LogP contribution < -0.4 is 14.8 Å². The number of phenolic OH excluding ortho intramolecular Hbond substituents is 1. The van der Waals surface area contributed by atoms with Crippen molar-refractivity contribution in [1.29, 1.82) is 0 Å². The maximum atomic E-state index is 14.5. The van der Waals surface area contributed by atoms with E-state index in [1.807, 2.05) is 0 Å². The van der Waals surface area contributed by atoms with E-state index in [1.165, 1.54) is 12.1 Å². The maximum Gasteiger partial charge on any atom is 0.433 e. The Labute approximate surface area is 324 Å². The minimum atomic E-state index is -4.89. The molecule has 2 saturated heterocycles. The first-order valence-corrected chi connectivity index (χ1v) is 17.9. The van der Waals surface area contributed by atoms with Crippen LogP contribution in [0.3, 0.4) is 0 Å². The zero-order valence-corrected chi connectivity index (χ0v) is 30.9. The van der Waals surface area contributed by atoms with E-state index in [-0.39, 0.29) is 46.6 Å². The number of pyridine rings is 2. The molecule has 4 amide bonds. The summed E-state index contributed by atoms with van der Waals surface area (Å²) in [4.78, 5) is 64.4. The second kappa shape index (κ2) is 13.8. The van der Waals surface area contributed by atoms with Gasteiger partial charge in [0.15, 0.2) is 23.1 Å². The third-order valence-electron chi connectivity index (χ3n) is 10.7. The molecule has 0 unspecified atom stereocenters. The minimum absolute atomic E-state index is 0.0500. The van der Waals surface area contributed by atoms with Gasteiger partial charge in [-0.15, -0.1) is 0 Å². The van der Waals surface area contributed by atoms with Gasteiger partial charge in [-0.1, -0.05) is 47.0 Å². The van der Waals surface area contributed by atoms with E-state index >= 15 is 0 Å². The molecular formula is C36H30Cl2F6N6O6. The Morgan fingerprint density at radius 3 is 1.80 bits per heavy atom. The van der Waals surface area contributed by atoms with Gasteiger partial charge in [-0.25, -0.2) is 9.97 Å². The van der Waals surface area contributed by atoms with Crippen molar-refractivity contribution in [3.8, 4) is 11.5 Å². The predicted molar refractivity (Wildman–Crippen MR) is 186 cm³/mol. The average molecular weight is 828 g/mol. The Morgan fingerprint density at radius 1 is 0.768 bits per heavy atom. The lowest BCUT2D eigenvalue weighted by Gasteiger charge is -2.44. The van der Waals surface area contributed by atoms with Crippen LogP contribution in [-0.4, -0.2) is 69.4 Å². The number of anilines is 2. The fraction of sp³-hybridized carbons (Fsp3) is 0.389. The number of carbonyl (C=O) groups is 4. The predicted octanol–water partition coefficient (Wildman–Crippen LogP) is 6.66.